The van der Waals surface area contributed by atoms with E-state index in [0.29, 0.717) is 6.10 Å². The van der Waals surface area contributed by atoms with Crippen LogP contribution in [0.25, 0.3) is 0 Å². The van der Waals surface area contributed by atoms with Crippen LogP contribution in [0.5, 0.6) is 0 Å². The molecule has 0 aromatic heterocycles. The fourth-order valence-corrected chi connectivity index (χ4v) is 0.437. The normalized spacial score (nSPS) is 11.1. The zero-order valence-corrected chi connectivity index (χ0v) is 6.11. The number of rotatable bonds is 4. The maximum absolute atomic E-state index is 5.34. The first-order valence-corrected chi connectivity index (χ1v) is 3.42. The van der Waals surface area contributed by atoms with Crippen molar-refractivity contribution in [2.45, 2.75) is 54.6 Å². The van der Waals surface area contributed by atoms with Crippen molar-refractivity contribution in [1.82, 2.24) is 0 Å². The first kappa shape index (κ1) is 16.5. The zero-order chi connectivity index (χ0) is 6.41. The minimum absolute atomic E-state index is 0. The van der Waals surface area contributed by atoms with Crippen molar-refractivity contribution in [3.63, 3.8) is 0 Å². The Morgan fingerprint density at radius 2 is 1.70 bits per heavy atom. The molecule has 0 saturated heterocycles. The van der Waals surface area contributed by atoms with Gasteiger partial charge in [-0.15, -0.1) is 0 Å². The fourth-order valence-electron chi connectivity index (χ4n) is 0.437. The fraction of sp³-hybridized carbons (Fsp3) is 1.00. The van der Waals surface area contributed by atoms with Gasteiger partial charge >= 0.3 is 0 Å². The molecule has 0 aliphatic rings. The number of hydrogen-bond donors (Lipinski definition) is 0. The molecule has 1 atom stereocenters. The highest BCUT2D eigenvalue weighted by Crippen LogP contribution is 1.95. The van der Waals surface area contributed by atoms with Gasteiger partial charge in [-0.2, -0.15) is 0 Å². The van der Waals surface area contributed by atoms with Crippen LogP contribution in [0.2, 0.25) is 0 Å². The van der Waals surface area contributed by atoms with E-state index in [-0.39, 0.29) is 14.9 Å². The van der Waals surface area contributed by atoms with E-state index in [1.807, 2.05) is 0 Å². The van der Waals surface area contributed by atoms with E-state index in [1.165, 1.54) is 0 Å². The van der Waals surface area contributed by atoms with Gasteiger partial charge in [0.1, 0.15) is 0 Å². The average Bonchev–Trinajstić information content (AvgIpc) is 1.83. The van der Waals surface area contributed by atoms with Crippen molar-refractivity contribution in [3.8, 4) is 0 Å². The third-order valence-electron chi connectivity index (χ3n) is 1.18. The molecule has 0 aromatic carbocycles. The quantitative estimate of drug-likeness (QED) is 0.593. The molecule has 0 fully saturated rings. The third-order valence-corrected chi connectivity index (χ3v) is 1.18. The lowest BCUT2D eigenvalue weighted by Crippen LogP contribution is -2.06. The molecule has 1 unspecified atom stereocenters. The van der Waals surface area contributed by atoms with Crippen LogP contribution >= 0.6 is 0 Å². The summed E-state index contributed by atoms with van der Waals surface area (Å²) in [6, 6.07) is 0. The van der Waals surface area contributed by atoms with Crippen LogP contribution in [0.15, 0.2) is 0 Å². The summed E-state index contributed by atoms with van der Waals surface area (Å²) in [5.41, 5.74) is 0. The molecule has 1 nitrogen and oxygen atoms in total. The maximum atomic E-state index is 5.34. The van der Waals surface area contributed by atoms with Gasteiger partial charge in [0.25, 0.3) is 0 Å². The lowest BCUT2D eigenvalue weighted by molar-refractivity contribution is 0.0642. The summed E-state index contributed by atoms with van der Waals surface area (Å²) >= 11 is 0. The van der Waals surface area contributed by atoms with Gasteiger partial charge in [0, 0.05) is 6.61 Å². The molecule has 0 heterocycles. The van der Waals surface area contributed by atoms with Crippen LogP contribution in [-0.4, -0.2) is 12.7 Å². The molecular formula is C9H24O. The topological polar surface area (TPSA) is 9.23 Å². The van der Waals surface area contributed by atoms with Crippen LogP contribution in [0.4, 0.5) is 0 Å². The van der Waals surface area contributed by atoms with Gasteiger partial charge in [0.2, 0.25) is 0 Å². The van der Waals surface area contributed by atoms with E-state index in [4.69, 9.17) is 4.74 Å². The number of ether oxygens (including phenoxy) is 1. The molecular weight excluding hydrogens is 124 g/mol. The number of hydrogen-bond acceptors (Lipinski definition) is 1. The Hall–Kier alpha value is -0.0400. The van der Waals surface area contributed by atoms with E-state index in [0.717, 1.165) is 19.4 Å². The second-order valence-corrected chi connectivity index (χ2v) is 2.09. The predicted molar refractivity (Wildman–Crippen MR) is 49.5 cm³/mol. The Bertz CT molecular complexity index is 44.0. The highest BCUT2D eigenvalue weighted by molar-refractivity contribution is 4.42. The van der Waals surface area contributed by atoms with Crippen molar-refractivity contribution in [3.05, 3.63) is 0 Å². The first-order valence-electron chi connectivity index (χ1n) is 3.42. The standard InChI is InChI=1S/C7H16O.2CH4/c1-4-6-8-7(3)5-2;;/h7H,4-6H2,1-3H3;2*1H4. The van der Waals surface area contributed by atoms with Gasteiger partial charge in [0.05, 0.1) is 6.10 Å². The molecule has 0 aromatic rings. The molecule has 0 N–H and O–H groups in total. The Morgan fingerprint density at radius 3 is 2.00 bits per heavy atom. The molecule has 0 aliphatic carbocycles. The van der Waals surface area contributed by atoms with Gasteiger partial charge in [-0.05, 0) is 19.8 Å². The highest BCUT2D eigenvalue weighted by atomic mass is 16.5. The molecule has 0 bridgehead atoms. The van der Waals surface area contributed by atoms with E-state index in [9.17, 15) is 0 Å². The van der Waals surface area contributed by atoms with E-state index < -0.39 is 0 Å². The van der Waals surface area contributed by atoms with Gasteiger partial charge in [-0.1, -0.05) is 28.7 Å². The predicted octanol–water partition coefficient (Wildman–Crippen LogP) is 3.48. The second kappa shape index (κ2) is 11.7. The van der Waals surface area contributed by atoms with Crippen LogP contribution < -0.4 is 0 Å². The Labute approximate surface area is 66.8 Å². The lowest BCUT2D eigenvalue weighted by Gasteiger charge is -2.07. The van der Waals surface area contributed by atoms with Crippen molar-refractivity contribution >= 4 is 0 Å². The zero-order valence-electron chi connectivity index (χ0n) is 6.11. The Balaban J connectivity index is -0.000000245. The molecule has 1 heteroatoms. The van der Waals surface area contributed by atoms with Gasteiger partial charge in [-0.3, -0.25) is 0 Å². The lowest BCUT2D eigenvalue weighted by atomic mass is 10.3. The van der Waals surface area contributed by atoms with E-state index >= 15 is 0 Å². The van der Waals surface area contributed by atoms with Crippen LogP contribution in [0.3, 0.4) is 0 Å². The van der Waals surface area contributed by atoms with Crippen molar-refractivity contribution < 1.29 is 4.74 Å². The first-order chi connectivity index (χ1) is 3.81. The van der Waals surface area contributed by atoms with Crippen LogP contribution in [-0.2, 0) is 4.74 Å². The van der Waals surface area contributed by atoms with E-state index in [1.54, 1.807) is 0 Å². The van der Waals surface area contributed by atoms with Crippen LogP contribution in [0, 0.1) is 0 Å². The van der Waals surface area contributed by atoms with Gasteiger partial charge in [0.15, 0.2) is 0 Å². The summed E-state index contributed by atoms with van der Waals surface area (Å²) in [6.45, 7) is 7.29. The molecule has 0 rings (SSSR count). The Morgan fingerprint density at radius 1 is 1.20 bits per heavy atom. The molecule has 0 saturated carbocycles. The smallest absolute Gasteiger partial charge is 0.0544 e. The SMILES string of the molecule is C.C.CCCOC(C)CC. The summed E-state index contributed by atoms with van der Waals surface area (Å²) in [6.07, 6.45) is 2.71. The molecule has 10 heavy (non-hydrogen) atoms. The minimum atomic E-state index is 0. The average molecular weight is 148 g/mol. The Kier molecular flexibility index (Phi) is 19.3. The summed E-state index contributed by atoms with van der Waals surface area (Å²) in [5.74, 6) is 0. The van der Waals surface area contributed by atoms with E-state index in [2.05, 4.69) is 20.8 Å². The van der Waals surface area contributed by atoms with Crippen LogP contribution in [0.1, 0.15) is 48.5 Å². The van der Waals surface area contributed by atoms with Gasteiger partial charge < -0.3 is 4.74 Å². The summed E-state index contributed by atoms with van der Waals surface area (Å²) in [5, 5.41) is 0. The monoisotopic (exact) mass is 148 g/mol. The molecule has 0 spiro atoms. The van der Waals surface area contributed by atoms with Gasteiger partial charge in [-0.25, -0.2) is 0 Å². The second-order valence-electron chi connectivity index (χ2n) is 2.09. The molecule has 0 amide bonds. The summed E-state index contributed by atoms with van der Waals surface area (Å²) in [7, 11) is 0. The summed E-state index contributed by atoms with van der Waals surface area (Å²) < 4.78 is 5.34. The molecule has 0 radical (unpaired) electrons. The van der Waals surface area contributed by atoms with Crippen molar-refractivity contribution in [2.24, 2.45) is 0 Å². The molecule has 66 valence electrons. The maximum Gasteiger partial charge on any atom is 0.0544 e. The largest absolute Gasteiger partial charge is 0.379 e. The van der Waals surface area contributed by atoms with Crippen molar-refractivity contribution in [1.29, 1.82) is 0 Å². The van der Waals surface area contributed by atoms with Crippen molar-refractivity contribution in [2.75, 3.05) is 6.61 Å². The minimum Gasteiger partial charge on any atom is -0.379 e. The third kappa shape index (κ3) is 10.9. The summed E-state index contributed by atoms with van der Waals surface area (Å²) in [4.78, 5) is 0. The highest BCUT2D eigenvalue weighted by Gasteiger charge is 1.93. The molecule has 0 aliphatic heterocycles.